The van der Waals surface area contributed by atoms with Crippen LogP contribution in [-0.4, -0.2) is 77.4 Å². The third-order valence-corrected chi connectivity index (χ3v) is 5.69. The molecule has 2 saturated heterocycles. The van der Waals surface area contributed by atoms with Crippen molar-refractivity contribution in [2.45, 2.75) is 6.54 Å². The van der Waals surface area contributed by atoms with Gasteiger partial charge in [0.25, 0.3) is 0 Å². The summed E-state index contributed by atoms with van der Waals surface area (Å²) in [5.74, 6) is 0.0138. The molecule has 0 N–H and O–H groups in total. The summed E-state index contributed by atoms with van der Waals surface area (Å²) in [6.07, 6.45) is 3.60. The van der Waals surface area contributed by atoms with E-state index in [1.54, 1.807) is 34.3 Å². The summed E-state index contributed by atoms with van der Waals surface area (Å²) >= 11 is 5.92. The molecular weight excluding hydrogens is 390 g/mol. The SMILES string of the molecule is O=C(CN1CCN(c2ccc(Cl)cc2)C1=O)N1CCN(Cc2ccncc2)CC1. The number of pyridine rings is 1. The lowest BCUT2D eigenvalue weighted by molar-refractivity contribution is -0.133. The molecule has 0 bridgehead atoms. The van der Waals surface area contributed by atoms with Gasteiger partial charge in [-0.05, 0) is 42.0 Å². The van der Waals surface area contributed by atoms with Crippen LogP contribution < -0.4 is 4.90 Å². The summed E-state index contributed by atoms with van der Waals surface area (Å²) in [4.78, 5) is 37.0. The van der Waals surface area contributed by atoms with Crippen LogP contribution in [0, 0.1) is 0 Å². The molecule has 0 aliphatic carbocycles. The number of urea groups is 1. The molecule has 3 amide bonds. The second-order valence-corrected chi connectivity index (χ2v) is 7.78. The van der Waals surface area contributed by atoms with Crippen LogP contribution in [0.1, 0.15) is 5.56 Å². The maximum Gasteiger partial charge on any atom is 0.325 e. The van der Waals surface area contributed by atoms with E-state index >= 15 is 0 Å². The summed E-state index contributed by atoms with van der Waals surface area (Å²) in [7, 11) is 0. The first-order chi connectivity index (χ1) is 14.1. The number of carbonyl (C=O) groups excluding carboxylic acids is 2. The van der Waals surface area contributed by atoms with Gasteiger partial charge >= 0.3 is 6.03 Å². The fourth-order valence-electron chi connectivity index (χ4n) is 3.76. The van der Waals surface area contributed by atoms with Crippen LogP contribution in [0.2, 0.25) is 5.02 Å². The number of piperazine rings is 1. The molecule has 29 heavy (non-hydrogen) atoms. The van der Waals surface area contributed by atoms with Crippen LogP contribution >= 0.6 is 11.6 Å². The highest BCUT2D eigenvalue weighted by molar-refractivity contribution is 6.30. The van der Waals surface area contributed by atoms with Crippen molar-refractivity contribution in [2.24, 2.45) is 0 Å². The Hall–Kier alpha value is -2.64. The number of carbonyl (C=O) groups is 2. The topological polar surface area (TPSA) is 60.0 Å². The fraction of sp³-hybridized carbons (Fsp3) is 0.381. The molecule has 2 aliphatic heterocycles. The zero-order valence-corrected chi connectivity index (χ0v) is 17.0. The van der Waals surface area contributed by atoms with E-state index in [0.717, 1.165) is 25.3 Å². The van der Waals surface area contributed by atoms with Gasteiger partial charge in [-0.15, -0.1) is 0 Å². The van der Waals surface area contributed by atoms with Gasteiger partial charge in [-0.1, -0.05) is 11.6 Å². The molecule has 0 spiro atoms. The minimum absolute atomic E-state index is 0.0138. The molecule has 7 nitrogen and oxygen atoms in total. The monoisotopic (exact) mass is 413 g/mol. The van der Waals surface area contributed by atoms with Crippen molar-refractivity contribution in [1.29, 1.82) is 0 Å². The number of halogens is 1. The number of benzene rings is 1. The predicted molar refractivity (Wildman–Crippen MR) is 112 cm³/mol. The zero-order valence-electron chi connectivity index (χ0n) is 16.2. The minimum atomic E-state index is -0.128. The Bertz CT molecular complexity index is 853. The van der Waals surface area contributed by atoms with Crippen LogP contribution in [0.15, 0.2) is 48.8 Å². The zero-order chi connectivity index (χ0) is 20.2. The van der Waals surface area contributed by atoms with E-state index < -0.39 is 0 Å². The van der Waals surface area contributed by atoms with E-state index in [0.29, 0.717) is 31.2 Å². The summed E-state index contributed by atoms with van der Waals surface area (Å²) < 4.78 is 0. The Morgan fingerprint density at radius 1 is 0.931 bits per heavy atom. The highest BCUT2D eigenvalue weighted by Gasteiger charge is 2.32. The standard InChI is InChI=1S/C21H24ClN5O2/c22-18-1-3-19(4-2-18)27-14-13-26(21(27)29)16-20(28)25-11-9-24(10-12-25)15-17-5-7-23-8-6-17/h1-8H,9-16H2. The normalized spacial score (nSPS) is 17.8. The van der Waals surface area contributed by atoms with Gasteiger partial charge in [-0.2, -0.15) is 0 Å². The predicted octanol–water partition coefficient (Wildman–Crippen LogP) is 2.32. The van der Waals surface area contributed by atoms with Gasteiger partial charge in [0.15, 0.2) is 0 Å². The second kappa shape index (κ2) is 8.80. The number of hydrogen-bond donors (Lipinski definition) is 0. The van der Waals surface area contributed by atoms with Gasteiger partial charge in [0.1, 0.15) is 6.54 Å². The lowest BCUT2D eigenvalue weighted by atomic mass is 10.2. The summed E-state index contributed by atoms with van der Waals surface area (Å²) in [5.41, 5.74) is 2.03. The first kappa shape index (κ1) is 19.7. The maximum absolute atomic E-state index is 12.7. The first-order valence-corrected chi connectivity index (χ1v) is 10.2. The third kappa shape index (κ3) is 4.68. The van der Waals surface area contributed by atoms with Crippen LogP contribution in [-0.2, 0) is 11.3 Å². The van der Waals surface area contributed by atoms with Crippen molar-refractivity contribution < 1.29 is 9.59 Å². The van der Waals surface area contributed by atoms with Crippen LogP contribution in [0.25, 0.3) is 0 Å². The number of amides is 3. The highest BCUT2D eigenvalue weighted by Crippen LogP contribution is 2.22. The molecule has 1 aromatic heterocycles. The number of aromatic nitrogens is 1. The van der Waals surface area contributed by atoms with Crippen molar-refractivity contribution in [3.05, 3.63) is 59.4 Å². The van der Waals surface area contributed by atoms with Crippen molar-refractivity contribution in [1.82, 2.24) is 19.7 Å². The van der Waals surface area contributed by atoms with Crippen LogP contribution in [0.4, 0.5) is 10.5 Å². The molecular formula is C21H24ClN5O2. The Morgan fingerprint density at radius 3 is 2.31 bits per heavy atom. The molecule has 0 radical (unpaired) electrons. The molecule has 152 valence electrons. The molecule has 1 aromatic carbocycles. The Balaban J connectivity index is 1.27. The van der Waals surface area contributed by atoms with Crippen molar-refractivity contribution in [3.63, 3.8) is 0 Å². The summed E-state index contributed by atoms with van der Waals surface area (Å²) in [5, 5.41) is 0.635. The average molecular weight is 414 g/mol. The van der Waals surface area contributed by atoms with Gasteiger partial charge < -0.3 is 9.80 Å². The first-order valence-electron chi connectivity index (χ1n) is 9.81. The van der Waals surface area contributed by atoms with Gasteiger partial charge in [-0.3, -0.25) is 19.6 Å². The molecule has 8 heteroatoms. The van der Waals surface area contributed by atoms with Crippen LogP contribution in [0.3, 0.4) is 0 Å². The van der Waals surface area contributed by atoms with E-state index in [2.05, 4.69) is 9.88 Å². The molecule has 0 unspecified atom stereocenters. The Kier molecular flexibility index (Phi) is 5.97. The Morgan fingerprint density at radius 2 is 1.62 bits per heavy atom. The highest BCUT2D eigenvalue weighted by atomic mass is 35.5. The average Bonchev–Trinajstić information content (AvgIpc) is 3.10. The van der Waals surface area contributed by atoms with Crippen molar-refractivity contribution in [3.8, 4) is 0 Å². The largest absolute Gasteiger partial charge is 0.339 e. The number of hydrogen-bond acceptors (Lipinski definition) is 4. The maximum atomic E-state index is 12.7. The number of anilines is 1. The van der Waals surface area contributed by atoms with E-state index in [4.69, 9.17) is 11.6 Å². The van der Waals surface area contributed by atoms with E-state index in [1.165, 1.54) is 5.56 Å². The van der Waals surface area contributed by atoms with Gasteiger partial charge in [-0.25, -0.2) is 4.79 Å². The molecule has 2 aromatic rings. The molecule has 0 atom stereocenters. The lowest BCUT2D eigenvalue weighted by Crippen LogP contribution is -2.51. The molecule has 0 saturated carbocycles. The lowest BCUT2D eigenvalue weighted by Gasteiger charge is -2.35. The van der Waals surface area contributed by atoms with E-state index in [9.17, 15) is 9.59 Å². The number of rotatable bonds is 5. The molecule has 2 aliphatic rings. The quantitative estimate of drug-likeness (QED) is 0.754. The van der Waals surface area contributed by atoms with Crippen LogP contribution in [0.5, 0.6) is 0 Å². The summed E-state index contributed by atoms with van der Waals surface area (Å²) in [6, 6.07) is 11.1. The van der Waals surface area contributed by atoms with Crippen molar-refractivity contribution in [2.75, 3.05) is 50.7 Å². The minimum Gasteiger partial charge on any atom is -0.339 e. The fourth-order valence-corrected chi connectivity index (χ4v) is 3.88. The Labute approximate surface area is 175 Å². The van der Waals surface area contributed by atoms with Gasteiger partial charge in [0.05, 0.1) is 0 Å². The van der Waals surface area contributed by atoms with Gasteiger partial charge in [0.2, 0.25) is 5.91 Å². The van der Waals surface area contributed by atoms with E-state index in [-0.39, 0.29) is 18.5 Å². The van der Waals surface area contributed by atoms with Crippen molar-refractivity contribution >= 4 is 29.2 Å². The second-order valence-electron chi connectivity index (χ2n) is 7.34. The molecule has 3 heterocycles. The number of nitrogens with zero attached hydrogens (tertiary/aromatic N) is 5. The van der Waals surface area contributed by atoms with Gasteiger partial charge in [0, 0.05) is 68.9 Å². The third-order valence-electron chi connectivity index (χ3n) is 5.44. The molecule has 2 fully saturated rings. The molecule has 4 rings (SSSR count). The van der Waals surface area contributed by atoms with E-state index in [1.807, 2.05) is 29.2 Å². The smallest absolute Gasteiger partial charge is 0.325 e. The summed E-state index contributed by atoms with van der Waals surface area (Å²) in [6.45, 7) is 5.17.